The van der Waals surface area contributed by atoms with Gasteiger partial charge in [-0.05, 0) is 24.7 Å². The van der Waals surface area contributed by atoms with E-state index in [4.69, 9.17) is 10.5 Å². The van der Waals surface area contributed by atoms with E-state index in [0.717, 1.165) is 19.3 Å². The van der Waals surface area contributed by atoms with Crippen LogP contribution >= 0.6 is 0 Å². The van der Waals surface area contributed by atoms with Crippen molar-refractivity contribution >= 4 is 5.97 Å². The molecule has 0 saturated heterocycles. The summed E-state index contributed by atoms with van der Waals surface area (Å²) >= 11 is 0. The zero-order valence-corrected chi connectivity index (χ0v) is 10.8. The number of ether oxygens (including phenoxy) is 1. The lowest BCUT2D eigenvalue weighted by molar-refractivity contribution is -0.156. The number of esters is 1. The van der Waals surface area contributed by atoms with Crippen LogP contribution in [0.2, 0.25) is 0 Å². The van der Waals surface area contributed by atoms with Gasteiger partial charge < -0.3 is 10.5 Å². The van der Waals surface area contributed by atoms with E-state index in [-0.39, 0.29) is 5.97 Å². The highest BCUT2D eigenvalue weighted by atomic mass is 16.5. The van der Waals surface area contributed by atoms with Crippen molar-refractivity contribution in [2.24, 2.45) is 23.0 Å². The van der Waals surface area contributed by atoms with Gasteiger partial charge in [-0.25, -0.2) is 0 Å². The van der Waals surface area contributed by atoms with Gasteiger partial charge in [0, 0.05) is 6.54 Å². The second-order valence-corrected chi connectivity index (χ2v) is 5.19. The second-order valence-electron chi connectivity index (χ2n) is 5.19. The van der Waals surface area contributed by atoms with Crippen LogP contribution in [0, 0.1) is 17.3 Å². The monoisotopic (exact) mass is 227 g/mol. The Labute approximate surface area is 98.7 Å². The maximum absolute atomic E-state index is 12.0. The fourth-order valence-corrected chi connectivity index (χ4v) is 2.60. The lowest BCUT2D eigenvalue weighted by atomic mass is 9.70. The van der Waals surface area contributed by atoms with Crippen molar-refractivity contribution in [3.63, 3.8) is 0 Å². The first-order valence-corrected chi connectivity index (χ1v) is 6.39. The highest BCUT2D eigenvalue weighted by Gasteiger charge is 2.46. The fraction of sp³-hybridized carbons (Fsp3) is 0.923. The molecule has 0 aromatic rings. The third-order valence-electron chi connectivity index (χ3n) is 3.97. The Morgan fingerprint density at radius 3 is 2.56 bits per heavy atom. The molecule has 2 atom stereocenters. The molecule has 0 spiro atoms. The Hall–Kier alpha value is -0.570. The maximum Gasteiger partial charge on any atom is 0.313 e. The number of nitrogens with two attached hydrogens (primary N) is 1. The van der Waals surface area contributed by atoms with E-state index >= 15 is 0 Å². The average molecular weight is 227 g/mol. The van der Waals surface area contributed by atoms with Gasteiger partial charge >= 0.3 is 5.97 Å². The van der Waals surface area contributed by atoms with Gasteiger partial charge in [0.25, 0.3) is 0 Å². The van der Waals surface area contributed by atoms with Crippen LogP contribution in [0.15, 0.2) is 0 Å². The molecule has 0 radical (unpaired) electrons. The van der Waals surface area contributed by atoms with E-state index in [1.54, 1.807) is 0 Å². The quantitative estimate of drug-likeness (QED) is 0.679. The molecule has 1 fully saturated rings. The highest BCUT2D eigenvalue weighted by Crippen LogP contribution is 2.45. The molecule has 1 aliphatic rings. The minimum absolute atomic E-state index is 0.108. The number of hydrogen-bond acceptors (Lipinski definition) is 3. The summed E-state index contributed by atoms with van der Waals surface area (Å²) in [6.45, 7) is 4.69. The molecule has 0 amide bonds. The Kier molecular flexibility index (Phi) is 4.78. The summed E-state index contributed by atoms with van der Waals surface area (Å²) in [6, 6.07) is 0. The summed E-state index contributed by atoms with van der Waals surface area (Å²) in [7, 11) is 1.47. The van der Waals surface area contributed by atoms with Gasteiger partial charge in [0.1, 0.15) is 0 Å². The average Bonchev–Trinajstić information content (AvgIpc) is 3.09. The van der Waals surface area contributed by atoms with Crippen molar-refractivity contribution < 1.29 is 9.53 Å². The van der Waals surface area contributed by atoms with Crippen LogP contribution < -0.4 is 5.73 Å². The first-order chi connectivity index (χ1) is 7.60. The summed E-state index contributed by atoms with van der Waals surface area (Å²) in [5.41, 5.74) is 5.45. The summed E-state index contributed by atoms with van der Waals surface area (Å²) in [4.78, 5) is 12.0. The summed E-state index contributed by atoms with van der Waals surface area (Å²) < 4.78 is 4.98. The Morgan fingerprint density at radius 1 is 1.56 bits per heavy atom. The molecule has 1 aliphatic carbocycles. The van der Waals surface area contributed by atoms with Gasteiger partial charge in [-0.3, -0.25) is 4.79 Å². The van der Waals surface area contributed by atoms with E-state index in [9.17, 15) is 4.79 Å². The van der Waals surface area contributed by atoms with Crippen molar-refractivity contribution in [1.82, 2.24) is 0 Å². The molecule has 2 unspecified atom stereocenters. The van der Waals surface area contributed by atoms with Gasteiger partial charge in [-0.2, -0.15) is 0 Å². The molecule has 94 valence electrons. The van der Waals surface area contributed by atoms with Crippen molar-refractivity contribution in [2.45, 2.75) is 46.0 Å². The van der Waals surface area contributed by atoms with Crippen LogP contribution in [0.4, 0.5) is 0 Å². The smallest absolute Gasteiger partial charge is 0.313 e. The van der Waals surface area contributed by atoms with Gasteiger partial charge in [0.15, 0.2) is 0 Å². The molecule has 0 aromatic carbocycles. The van der Waals surface area contributed by atoms with E-state index in [1.165, 1.54) is 20.0 Å². The van der Waals surface area contributed by atoms with Crippen LogP contribution in [-0.2, 0) is 9.53 Å². The number of hydrogen-bond donors (Lipinski definition) is 1. The standard InChI is InChI=1S/C13H25NO2/c1-4-5-10(2)13(9-14,12(15)16-3)8-11-6-7-11/h10-11H,4-9,14H2,1-3H3. The zero-order chi connectivity index (χ0) is 12.2. The number of rotatable bonds is 7. The summed E-state index contributed by atoms with van der Waals surface area (Å²) in [5, 5.41) is 0. The van der Waals surface area contributed by atoms with E-state index in [2.05, 4.69) is 13.8 Å². The highest BCUT2D eigenvalue weighted by molar-refractivity contribution is 5.77. The minimum atomic E-state index is -0.439. The second kappa shape index (κ2) is 5.67. The van der Waals surface area contributed by atoms with Crippen LogP contribution in [0.1, 0.15) is 46.0 Å². The number of carbonyl (C=O) groups excluding carboxylic acids is 1. The van der Waals surface area contributed by atoms with Crippen LogP contribution in [0.3, 0.4) is 0 Å². The van der Waals surface area contributed by atoms with Crippen molar-refractivity contribution in [1.29, 1.82) is 0 Å². The number of carbonyl (C=O) groups is 1. The lowest BCUT2D eigenvalue weighted by Crippen LogP contribution is -2.45. The predicted octanol–water partition coefficient (Wildman–Crippen LogP) is 2.34. The first-order valence-electron chi connectivity index (χ1n) is 6.39. The van der Waals surface area contributed by atoms with E-state index in [0.29, 0.717) is 18.4 Å². The maximum atomic E-state index is 12.0. The summed E-state index contributed by atoms with van der Waals surface area (Å²) in [6.07, 6.45) is 5.54. The molecule has 3 nitrogen and oxygen atoms in total. The van der Waals surface area contributed by atoms with E-state index < -0.39 is 5.41 Å². The van der Waals surface area contributed by atoms with E-state index in [1.807, 2.05) is 0 Å². The van der Waals surface area contributed by atoms with Crippen LogP contribution in [0.25, 0.3) is 0 Å². The van der Waals surface area contributed by atoms with Crippen LogP contribution in [-0.4, -0.2) is 19.6 Å². The van der Waals surface area contributed by atoms with Gasteiger partial charge in [0.2, 0.25) is 0 Å². The summed E-state index contributed by atoms with van der Waals surface area (Å²) in [5.74, 6) is 0.903. The third kappa shape index (κ3) is 2.76. The first kappa shape index (κ1) is 13.5. The third-order valence-corrected chi connectivity index (χ3v) is 3.97. The molecule has 0 bridgehead atoms. The molecule has 1 saturated carbocycles. The molecular weight excluding hydrogens is 202 g/mol. The van der Waals surface area contributed by atoms with Gasteiger partial charge in [-0.15, -0.1) is 0 Å². The molecule has 0 aromatic heterocycles. The van der Waals surface area contributed by atoms with Crippen molar-refractivity contribution in [3.8, 4) is 0 Å². The topological polar surface area (TPSA) is 52.3 Å². The van der Waals surface area contributed by atoms with Gasteiger partial charge in [0.05, 0.1) is 12.5 Å². The Bertz CT molecular complexity index is 238. The Balaban J connectivity index is 2.80. The number of methoxy groups -OCH3 is 1. The Morgan fingerprint density at radius 2 is 2.19 bits per heavy atom. The van der Waals surface area contributed by atoms with Crippen molar-refractivity contribution in [2.75, 3.05) is 13.7 Å². The molecule has 16 heavy (non-hydrogen) atoms. The molecule has 0 heterocycles. The molecule has 0 aliphatic heterocycles. The molecular formula is C13H25NO2. The zero-order valence-electron chi connectivity index (χ0n) is 10.8. The largest absolute Gasteiger partial charge is 0.469 e. The van der Waals surface area contributed by atoms with Crippen LogP contribution in [0.5, 0.6) is 0 Å². The minimum Gasteiger partial charge on any atom is -0.469 e. The van der Waals surface area contributed by atoms with Crippen molar-refractivity contribution in [3.05, 3.63) is 0 Å². The normalized spacial score (nSPS) is 21.2. The predicted molar refractivity (Wildman–Crippen MR) is 64.9 cm³/mol. The lowest BCUT2D eigenvalue weighted by Gasteiger charge is -2.35. The molecule has 3 heteroatoms. The molecule has 1 rings (SSSR count). The molecule has 2 N–H and O–H groups in total. The SMILES string of the molecule is CCCC(C)C(CN)(CC1CC1)C(=O)OC. The van der Waals surface area contributed by atoms with Gasteiger partial charge in [-0.1, -0.05) is 33.1 Å². The fourth-order valence-electron chi connectivity index (χ4n) is 2.60.